The second-order valence-corrected chi connectivity index (χ2v) is 6.64. The Kier molecular flexibility index (Phi) is 6.20. The third-order valence-corrected chi connectivity index (χ3v) is 4.68. The molecule has 0 atom stereocenters. The van der Waals surface area contributed by atoms with Gasteiger partial charge in [-0.2, -0.15) is 0 Å². The van der Waals surface area contributed by atoms with Gasteiger partial charge in [0, 0.05) is 29.2 Å². The monoisotopic (exact) mass is 411 g/mol. The number of carbonyl (C=O) groups excluding carboxylic acids is 1. The molecule has 9 heteroatoms. The van der Waals surface area contributed by atoms with E-state index in [1.54, 1.807) is 56.0 Å². The first-order valence-electron chi connectivity index (χ1n) is 8.41. The van der Waals surface area contributed by atoms with E-state index < -0.39 is 4.92 Å². The quantitative estimate of drug-likeness (QED) is 0.351. The number of nitrogens with one attached hydrogen (secondary N) is 1. The highest BCUT2D eigenvalue weighted by molar-refractivity contribution is 7.14. The zero-order chi connectivity index (χ0) is 20.8. The van der Waals surface area contributed by atoms with Crippen LogP contribution in [0.1, 0.15) is 5.56 Å². The normalized spacial score (nSPS) is 10.7. The molecular formula is C20H17N3O5S. The number of hydrogen-bond donors (Lipinski definition) is 1. The smallest absolute Gasteiger partial charge is 0.270 e. The van der Waals surface area contributed by atoms with Gasteiger partial charge >= 0.3 is 0 Å². The number of benzene rings is 2. The van der Waals surface area contributed by atoms with Gasteiger partial charge in [0.05, 0.1) is 24.8 Å². The molecule has 29 heavy (non-hydrogen) atoms. The van der Waals surface area contributed by atoms with Crippen molar-refractivity contribution in [3.8, 4) is 22.8 Å². The molecule has 0 bridgehead atoms. The Morgan fingerprint density at radius 1 is 1.17 bits per heavy atom. The minimum atomic E-state index is -0.461. The Labute approximate surface area is 170 Å². The number of rotatable bonds is 7. The van der Waals surface area contributed by atoms with Crippen molar-refractivity contribution < 1.29 is 19.2 Å². The lowest BCUT2D eigenvalue weighted by atomic mass is 10.1. The van der Waals surface area contributed by atoms with Gasteiger partial charge in [-0.25, -0.2) is 4.98 Å². The van der Waals surface area contributed by atoms with Gasteiger partial charge in [-0.1, -0.05) is 18.2 Å². The van der Waals surface area contributed by atoms with Crippen molar-refractivity contribution in [2.45, 2.75) is 0 Å². The van der Waals surface area contributed by atoms with Crippen molar-refractivity contribution in [3.63, 3.8) is 0 Å². The average Bonchev–Trinajstić information content (AvgIpc) is 3.20. The largest absolute Gasteiger partial charge is 0.493 e. The van der Waals surface area contributed by atoms with Crippen LogP contribution in [0.4, 0.5) is 10.8 Å². The summed E-state index contributed by atoms with van der Waals surface area (Å²) in [6.45, 7) is 0. The number of nitro benzene ring substituents is 1. The van der Waals surface area contributed by atoms with Crippen molar-refractivity contribution in [1.82, 2.24) is 4.98 Å². The molecule has 0 aliphatic rings. The molecule has 3 aromatic rings. The number of nitrogens with zero attached hydrogens (tertiary/aromatic N) is 2. The summed E-state index contributed by atoms with van der Waals surface area (Å²) in [5.41, 5.74) is 1.92. The SMILES string of the molecule is COc1ccc(/C=C/C(=O)Nc2nc(-c3cccc([N+](=O)[O-])c3)cs2)cc1OC. The molecule has 148 valence electrons. The minimum Gasteiger partial charge on any atom is -0.493 e. The number of nitro groups is 1. The molecule has 1 heterocycles. The molecule has 0 saturated heterocycles. The topological polar surface area (TPSA) is 104 Å². The van der Waals surface area contributed by atoms with Gasteiger partial charge in [0.25, 0.3) is 5.69 Å². The van der Waals surface area contributed by atoms with E-state index in [-0.39, 0.29) is 11.6 Å². The summed E-state index contributed by atoms with van der Waals surface area (Å²) in [6.07, 6.45) is 3.03. The second-order valence-electron chi connectivity index (χ2n) is 5.78. The molecule has 8 nitrogen and oxygen atoms in total. The van der Waals surface area contributed by atoms with E-state index in [2.05, 4.69) is 10.3 Å². The number of anilines is 1. The van der Waals surface area contributed by atoms with E-state index in [4.69, 9.17) is 9.47 Å². The molecule has 0 unspecified atom stereocenters. The Morgan fingerprint density at radius 3 is 2.69 bits per heavy atom. The Balaban J connectivity index is 1.68. The first-order chi connectivity index (χ1) is 14.0. The standard InChI is InChI=1S/C20H17N3O5S/c1-27-17-8-6-13(10-18(17)28-2)7-9-19(24)22-20-21-16(12-29-20)14-4-3-5-15(11-14)23(25)26/h3-12H,1-2H3,(H,21,22,24)/b9-7+. The molecule has 1 amide bonds. The minimum absolute atomic E-state index is 0.0149. The summed E-state index contributed by atoms with van der Waals surface area (Å²) in [4.78, 5) is 26.9. The number of ether oxygens (including phenoxy) is 2. The summed E-state index contributed by atoms with van der Waals surface area (Å²) in [6, 6.07) is 11.5. The van der Waals surface area contributed by atoms with Gasteiger partial charge in [-0.3, -0.25) is 20.2 Å². The van der Waals surface area contributed by atoms with Crippen LogP contribution in [-0.2, 0) is 4.79 Å². The van der Waals surface area contributed by atoms with Gasteiger partial charge in [-0.15, -0.1) is 11.3 Å². The number of aromatic nitrogens is 1. The maximum atomic E-state index is 12.2. The van der Waals surface area contributed by atoms with Crippen molar-refractivity contribution in [2.75, 3.05) is 19.5 Å². The molecule has 1 N–H and O–H groups in total. The molecule has 0 fully saturated rings. The molecule has 0 aliphatic carbocycles. The number of amides is 1. The van der Waals surface area contributed by atoms with Crippen LogP contribution in [-0.4, -0.2) is 30.0 Å². The van der Waals surface area contributed by atoms with E-state index >= 15 is 0 Å². The molecule has 1 aromatic heterocycles. The predicted molar refractivity (Wildman–Crippen MR) is 111 cm³/mol. The Bertz CT molecular complexity index is 1080. The fraction of sp³-hybridized carbons (Fsp3) is 0.100. The van der Waals surface area contributed by atoms with Crippen LogP contribution >= 0.6 is 11.3 Å². The van der Waals surface area contributed by atoms with Crippen molar-refractivity contribution in [3.05, 3.63) is 69.6 Å². The summed E-state index contributed by atoms with van der Waals surface area (Å²) < 4.78 is 10.4. The highest BCUT2D eigenvalue weighted by atomic mass is 32.1. The zero-order valence-electron chi connectivity index (χ0n) is 15.6. The van der Waals surface area contributed by atoms with Crippen LogP contribution in [0.25, 0.3) is 17.3 Å². The van der Waals surface area contributed by atoms with E-state index in [0.29, 0.717) is 27.9 Å². The van der Waals surface area contributed by atoms with Crippen LogP contribution in [0, 0.1) is 10.1 Å². The maximum Gasteiger partial charge on any atom is 0.270 e. The highest BCUT2D eigenvalue weighted by Crippen LogP contribution is 2.29. The van der Waals surface area contributed by atoms with E-state index in [9.17, 15) is 14.9 Å². The Hall–Kier alpha value is -3.72. The van der Waals surface area contributed by atoms with Gasteiger partial charge < -0.3 is 9.47 Å². The van der Waals surface area contributed by atoms with Crippen molar-refractivity contribution >= 4 is 34.1 Å². The summed E-state index contributed by atoms with van der Waals surface area (Å²) >= 11 is 1.24. The lowest BCUT2D eigenvalue weighted by Crippen LogP contribution is -2.07. The number of carbonyl (C=O) groups is 1. The fourth-order valence-electron chi connectivity index (χ4n) is 2.52. The van der Waals surface area contributed by atoms with Crippen molar-refractivity contribution in [1.29, 1.82) is 0 Å². The summed E-state index contributed by atoms with van der Waals surface area (Å²) in [5, 5.41) is 15.7. The number of hydrogen-bond acceptors (Lipinski definition) is 7. The Morgan fingerprint density at radius 2 is 1.97 bits per heavy atom. The average molecular weight is 411 g/mol. The third-order valence-electron chi connectivity index (χ3n) is 3.92. The van der Waals surface area contributed by atoms with E-state index in [1.165, 1.54) is 29.5 Å². The third kappa shape index (κ3) is 4.96. The van der Waals surface area contributed by atoms with Crippen LogP contribution in [0.15, 0.2) is 53.9 Å². The first kappa shape index (κ1) is 20.0. The molecule has 0 spiro atoms. The van der Waals surface area contributed by atoms with Crippen LogP contribution in [0.5, 0.6) is 11.5 Å². The summed E-state index contributed by atoms with van der Waals surface area (Å²) in [5.74, 6) is 0.821. The molecular weight excluding hydrogens is 394 g/mol. The number of non-ortho nitro benzene ring substituents is 1. The maximum absolute atomic E-state index is 12.2. The molecule has 0 saturated carbocycles. The summed E-state index contributed by atoms with van der Waals surface area (Å²) in [7, 11) is 3.09. The van der Waals surface area contributed by atoms with Gasteiger partial charge in [0.15, 0.2) is 16.6 Å². The fourth-order valence-corrected chi connectivity index (χ4v) is 3.24. The zero-order valence-corrected chi connectivity index (χ0v) is 16.4. The first-order valence-corrected chi connectivity index (χ1v) is 9.29. The lowest BCUT2D eigenvalue weighted by Gasteiger charge is -2.07. The van der Waals surface area contributed by atoms with Gasteiger partial charge in [-0.05, 0) is 23.8 Å². The predicted octanol–water partition coefficient (Wildman–Crippen LogP) is 4.39. The molecule has 2 aromatic carbocycles. The lowest BCUT2D eigenvalue weighted by molar-refractivity contribution is -0.384. The van der Waals surface area contributed by atoms with E-state index in [1.807, 2.05) is 0 Å². The number of thiazole rings is 1. The van der Waals surface area contributed by atoms with Crippen molar-refractivity contribution in [2.24, 2.45) is 0 Å². The highest BCUT2D eigenvalue weighted by Gasteiger charge is 2.11. The molecule has 0 radical (unpaired) electrons. The molecule has 0 aliphatic heterocycles. The second kappa shape index (κ2) is 8.98. The van der Waals surface area contributed by atoms with Crippen LogP contribution < -0.4 is 14.8 Å². The van der Waals surface area contributed by atoms with Gasteiger partial charge in [0.2, 0.25) is 5.91 Å². The molecule has 3 rings (SSSR count). The van der Waals surface area contributed by atoms with Crippen LogP contribution in [0.2, 0.25) is 0 Å². The van der Waals surface area contributed by atoms with E-state index in [0.717, 1.165) is 5.56 Å². The van der Waals surface area contributed by atoms with Gasteiger partial charge in [0.1, 0.15) is 0 Å². The van der Waals surface area contributed by atoms with Crippen LogP contribution in [0.3, 0.4) is 0 Å². The number of methoxy groups -OCH3 is 2.